The van der Waals surface area contributed by atoms with Crippen molar-refractivity contribution in [2.24, 2.45) is 12.8 Å². The fraction of sp³-hybridized carbons (Fsp3) is 0.296. The van der Waals surface area contributed by atoms with Crippen molar-refractivity contribution in [1.29, 1.82) is 0 Å². The van der Waals surface area contributed by atoms with Gasteiger partial charge in [0.2, 0.25) is 0 Å². The molecule has 3 N–H and O–H groups in total. The number of aryl methyl sites for hydroxylation is 1. The molecule has 0 radical (unpaired) electrons. The maximum Gasteiger partial charge on any atom is 0.275 e. The number of hydrogen-bond donors (Lipinski definition) is 2. The van der Waals surface area contributed by atoms with Crippen LogP contribution in [-0.4, -0.2) is 39.5 Å². The van der Waals surface area contributed by atoms with Gasteiger partial charge in [0.15, 0.2) is 0 Å². The molecule has 0 spiro atoms. The average Bonchev–Trinajstić information content (AvgIpc) is 3.51. The summed E-state index contributed by atoms with van der Waals surface area (Å²) in [6.07, 6.45) is 0.947. The van der Waals surface area contributed by atoms with Crippen molar-refractivity contribution in [3.05, 3.63) is 83.1 Å². The first-order chi connectivity index (χ1) is 18.0. The monoisotopic (exact) mass is 521 g/mol. The Hall–Kier alpha value is -3.60. The van der Waals surface area contributed by atoms with Crippen molar-refractivity contribution < 1.29 is 18.7 Å². The molecule has 3 atom stereocenters. The lowest BCUT2D eigenvalue weighted by molar-refractivity contribution is 0.0247. The van der Waals surface area contributed by atoms with E-state index in [1.165, 1.54) is 11.3 Å². The maximum absolute atomic E-state index is 14.0. The number of thiazole rings is 1. The van der Waals surface area contributed by atoms with E-state index in [9.17, 15) is 9.18 Å². The van der Waals surface area contributed by atoms with E-state index in [4.69, 9.17) is 15.2 Å². The van der Waals surface area contributed by atoms with Gasteiger partial charge in [-0.15, -0.1) is 11.3 Å². The van der Waals surface area contributed by atoms with Crippen LogP contribution in [0.5, 0.6) is 5.75 Å². The Morgan fingerprint density at radius 1 is 1.24 bits per heavy atom. The predicted octanol–water partition coefficient (Wildman–Crippen LogP) is 4.89. The van der Waals surface area contributed by atoms with Crippen LogP contribution in [0, 0.1) is 0 Å². The topological polar surface area (TPSA) is 104 Å². The molecule has 2 aromatic carbocycles. The van der Waals surface area contributed by atoms with Gasteiger partial charge in [0.1, 0.15) is 35.3 Å². The van der Waals surface area contributed by atoms with Gasteiger partial charge >= 0.3 is 0 Å². The molecule has 0 aliphatic carbocycles. The number of benzene rings is 2. The van der Waals surface area contributed by atoms with Crippen molar-refractivity contribution in [2.45, 2.75) is 37.8 Å². The minimum absolute atomic E-state index is 0.0893. The molecule has 1 saturated heterocycles. The van der Waals surface area contributed by atoms with E-state index in [-0.39, 0.29) is 18.2 Å². The summed E-state index contributed by atoms with van der Waals surface area (Å²) in [5.41, 5.74) is 9.28. The number of aromatic nitrogens is 3. The van der Waals surface area contributed by atoms with Gasteiger partial charge in [-0.25, -0.2) is 9.37 Å². The zero-order valence-electron chi connectivity index (χ0n) is 20.3. The lowest BCUT2D eigenvalue weighted by Crippen LogP contribution is -2.32. The Labute approximate surface area is 218 Å². The maximum atomic E-state index is 14.0. The van der Waals surface area contributed by atoms with Gasteiger partial charge in [-0.05, 0) is 30.5 Å². The molecule has 37 heavy (non-hydrogen) atoms. The largest absolute Gasteiger partial charge is 0.489 e. The Kier molecular flexibility index (Phi) is 7.59. The molecule has 0 bridgehead atoms. The van der Waals surface area contributed by atoms with Crippen LogP contribution in [0.3, 0.4) is 0 Å². The third-order valence-electron chi connectivity index (χ3n) is 6.29. The van der Waals surface area contributed by atoms with Gasteiger partial charge in [-0.1, -0.05) is 42.5 Å². The molecule has 1 fully saturated rings. The molecule has 192 valence electrons. The number of anilines is 1. The highest BCUT2D eigenvalue weighted by molar-refractivity contribution is 7.13. The molecule has 8 nitrogen and oxygen atoms in total. The quantitative estimate of drug-likeness (QED) is 0.359. The highest BCUT2D eigenvalue weighted by Gasteiger charge is 2.30. The van der Waals surface area contributed by atoms with E-state index >= 15 is 0 Å². The Morgan fingerprint density at radius 3 is 2.92 bits per heavy atom. The van der Waals surface area contributed by atoms with Crippen LogP contribution < -0.4 is 15.8 Å². The van der Waals surface area contributed by atoms with Gasteiger partial charge in [0, 0.05) is 24.0 Å². The number of ether oxygens (including phenoxy) is 2. The van der Waals surface area contributed by atoms with Crippen molar-refractivity contribution >= 4 is 22.9 Å². The number of carbonyl (C=O) groups excluding carboxylic acids is 1. The van der Waals surface area contributed by atoms with Crippen molar-refractivity contribution in [3.63, 3.8) is 0 Å². The van der Waals surface area contributed by atoms with Gasteiger partial charge < -0.3 is 20.5 Å². The van der Waals surface area contributed by atoms with Crippen LogP contribution >= 0.6 is 11.3 Å². The zero-order chi connectivity index (χ0) is 25.8. The van der Waals surface area contributed by atoms with Crippen molar-refractivity contribution in [1.82, 2.24) is 14.8 Å². The second-order valence-electron chi connectivity index (χ2n) is 8.94. The molecular formula is C27H28FN5O3S. The summed E-state index contributed by atoms with van der Waals surface area (Å²) in [5.74, 6) is 0.364. The number of alkyl halides is 1. The minimum Gasteiger partial charge on any atom is -0.489 e. The Bertz CT molecular complexity index is 1350. The first-order valence-corrected chi connectivity index (χ1v) is 12.9. The highest BCUT2D eigenvalue weighted by Crippen LogP contribution is 2.33. The summed E-state index contributed by atoms with van der Waals surface area (Å²) in [5, 5.41) is 9.59. The summed E-state index contributed by atoms with van der Waals surface area (Å²) in [7, 11) is 1.76. The molecule has 1 amide bonds. The SMILES string of the molecule is Cn1ncc(NC(=O)c2csc(-c3cccc(OCc4ccccc4)c3)n2)c1[C@@H]1CC[C@@H](N)[C@H](F)CO1. The van der Waals surface area contributed by atoms with Gasteiger partial charge in [0.25, 0.3) is 5.91 Å². The van der Waals surface area contributed by atoms with Crippen molar-refractivity contribution in [3.8, 4) is 16.3 Å². The molecule has 2 aromatic heterocycles. The fourth-order valence-electron chi connectivity index (χ4n) is 4.24. The third kappa shape index (κ3) is 5.87. The van der Waals surface area contributed by atoms with E-state index in [1.807, 2.05) is 54.6 Å². The highest BCUT2D eigenvalue weighted by atomic mass is 32.1. The Morgan fingerprint density at radius 2 is 2.08 bits per heavy atom. The lowest BCUT2D eigenvalue weighted by Gasteiger charge is -2.17. The van der Waals surface area contributed by atoms with Crippen LogP contribution in [-0.2, 0) is 18.4 Å². The fourth-order valence-corrected chi connectivity index (χ4v) is 5.03. The lowest BCUT2D eigenvalue weighted by atomic mass is 10.0. The molecule has 5 rings (SSSR count). The number of halogens is 1. The molecule has 0 unspecified atom stereocenters. The first-order valence-electron chi connectivity index (χ1n) is 12.0. The summed E-state index contributed by atoms with van der Waals surface area (Å²) >= 11 is 1.38. The van der Waals surface area contributed by atoms with E-state index in [2.05, 4.69) is 15.4 Å². The van der Waals surface area contributed by atoms with Crippen molar-refractivity contribution in [2.75, 3.05) is 11.9 Å². The smallest absolute Gasteiger partial charge is 0.275 e. The van der Waals surface area contributed by atoms with E-state index in [1.54, 1.807) is 23.3 Å². The van der Waals surface area contributed by atoms with Crippen LogP contribution in [0.4, 0.5) is 10.1 Å². The number of amides is 1. The number of nitrogens with two attached hydrogens (primary N) is 1. The molecule has 3 heterocycles. The minimum atomic E-state index is -1.22. The van der Waals surface area contributed by atoms with E-state index in [0.29, 0.717) is 35.8 Å². The number of carbonyl (C=O) groups is 1. The normalized spacial score (nSPS) is 19.8. The summed E-state index contributed by atoms with van der Waals surface area (Å²) in [6, 6.07) is 17.0. The molecular weight excluding hydrogens is 493 g/mol. The summed E-state index contributed by atoms with van der Waals surface area (Å²) in [6.45, 7) is 0.375. The van der Waals surface area contributed by atoms with Crippen LogP contribution in [0.15, 0.2) is 66.2 Å². The van der Waals surface area contributed by atoms with Crippen LogP contribution in [0.2, 0.25) is 0 Å². The number of rotatable bonds is 7. The molecule has 4 aromatic rings. The summed E-state index contributed by atoms with van der Waals surface area (Å²) < 4.78 is 27.3. The number of nitrogens with zero attached hydrogens (tertiary/aromatic N) is 3. The predicted molar refractivity (Wildman–Crippen MR) is 140 cm³/mol. The molecule has 10 heteroatoms. The average molecular weight is 522 g/mol. The molecule has 1 aliphatic heterocycles. The van der Waals surface area contributed by atoms with Gasteiger partial charge in [-0.2, -0.15) is 5.10 Å². The number of nitrogens with one attached hydrogen (secondary N) is 1. The second-order valence-corrected chi connectivity index (χ2v) is 9.80. The van der Waals surface area contributed by atoms with Gasteiger partial charge in [-0.3, -0.25) is 9.48 Å². The molecule has 1 aliphatic rings. The van der Waals surface area contributed by atoms with E-state index in [0.717, 1.165) is 16.9 Å². The van der Waals surface area contributed by atoms with Crippen LogP contribution in [0.25, 0.3) is 10.6 Å². The van der Waals surface area contributed by atoms with E-state index < -0.39 is 18.3 Å². The standard InChI is InChI=1S/C27H28FN5O3S/c1-33-25(24-11-10-21(29)20(28)15-36-24)22(13-30-33)31-26(34)23-16-37-27(32-23)18-8-5-9-19(12-18)35-14-17-6-3-2-4-7-17/h2-9,12-13,16,20-21,24H,10-11,14-15,29H2,1H3,(H,31,34)/t20-,21-,24+/m1/s1. The van der Waals surface area contributed by atoms with Gasteiger partial charge in [0.05, 0.1) is 24.2 Å². The van der Waals surface area contributed by atoms with Crippen LogP contribution in [0.1, 0.15) is 40.7 Å². The second kappa shape index (κ2) is 11.2. The first kappa shape index (κ1) is 25.1. The number of hydrogen-bond acceptors (Lipinski definition) is 7. The third-order valence-corrected chi connectivity index (χ3v) is 7.18. The zero-order valence-corrected chi connectivity index (χ0v) is 21.2. The summed E-state index contributed by atoms with van der Waals surface area (Å²) in [4.78, 5) is 17.6. The molecule has 0 saturated carbocycles. The Balaban J connectivity index is 1.27.